The lowest BCUT2D eigenvalue weighted by molar-refractivity contribution is 0.177. The molecule has 2 aliphatic rings. The number of hydrogen-bond donors (Lipinski definition) is 2. The van der Waals surface area contributed by atoms with Crippen LogP contribution in [0.25, 0.3) is 0 Å². The molecule has 2 heterocycles. The molecular weight excluding hydrogens is 423 g/mol. The Kier molecular flexibility index (Phi) is 6.79. The van der Waals surface area contributed by atoms with Crippen LogP contribution in [0.5, 0.6) is 0 Å². The Balaban J connectivity index is 1.77. The van der Waals surface area contributed by atoms with Crippen LogP contribution >= 0.6 is 0 Å². The van der Waals surface area contributed by atoms with Crippen molar-refractivity contribution in [1.82, 2.24) is 18.8 Å². The Hall–Kier alpha value is -2.34. The number of halogens is 1. The molecule has 1 atom stereocenters. The molecule has 0 radical (unpaired) electrons. The minimum atomic E-state index is -3.43. The van der Waals surface area contributed by atoms with Gasteiger partial charge in [0.25, 0.3) is 10.2 Å². The molecule has 9 nitrogen and oxygen atoms in total. The van der Waals surface area contributed by atoms with Gasteiger partial charge in [-0.25, -0.2) is 9.18 Å². The average molecular weight is 453 g/mol. The van der Waals surface area contributed by atoms with E-state index in [4.69, 9.17) is 5.73 Å². The van der Waals surface area contributed by atoms with E-state index in [-0.39, 0.29) is 6.54 Å². The second-order valence-electron chi connectivity index (χ2n) is 8.03. The van der Waals surface area contributed by atoms with Crippen molar-refractivity contribution < 1.29 is 17.6 Å². The number of dihydropyridines is 1. The average Bonchev–Trinajstić information content (AvgIpc) is 2.71. The molecule has 11 heteroatoms. The quantitative estimate of drug-likeness (QED) is 0.660. The third-order valence-electron chi connectivity index (χ3n) is 5.57. The number of nitrogens with two attached hydrogens (primary N) is 1. The minimum Gasteiger partial charge on any atom is -0.352 e. The number of nitrogens with one attached hydrogen (secondary N) is 1. The number of carbonyl (C=O) groups is 1. The number of amides is 2. The van der Waals surface area contributed by atoms with Gasteiger partial charge in [0.2, 0.25) is 0 Å². The summed E-state index contributed by atoms with van der Waals surface area (Å²) in [6, 6.07) is 4.03. The molecule has 3 rings (SSSR count). The maximum Gasteiger partial charge on any atom is 0.313 e. The van der Waals surface area contributed by atoms with E-state index in [1.54, 1.807) is 24.3 Å². The van der Waals surface area contributed by atoms with Crippen molar-refractivity contribution in [1.29, 1.82) is 0 Å². The van der Waals surface area contributed by atoms with Gasteiger partial charge < -0.3 is 11.1 Å². The van der Waals surface area contributed by atoms with Crippen molar-refractivity contribution in [2.24, 2.45) is 10.7 Å². The van der Waals surface area contributed by atoms with Crippen molar-refractivity contribution in [3.8, 4) is 0 Å². The molecule has 3 N–H and O–H groups in total. The van der Waals surface area contributed by atoms with Crippen molar-refractivity contribution in [3.05, 3.63) is 47.3 Å². The van der Waals surface area contributed by atoms with Gasteiger partial charge in [-0.3, -0.25) is 9.89 Å². The summed E-state index contributed by atoms with van der Waals surface area (Å²) >= 11 is 0. The standard InChI is InChI=1S/C20H29FN6O3S/c1-15-6-7-20(14-23-15,24-19(22)28)17-12-16(4-5-18(17)21)13-26-8-10-27(11-9-26)31(29,30)25(2)3/h4-7,12H,8-11,13-14H2,1-3H3,(H3,22,24,28). The highest BCUT2D eigenvalue weighted by atomic mass is 32.2. The number of carbonyl (C=O) groups excluding carboxylic acids is 1. The molecule has 1 fully saturated rings. The van der Waals surface area contributed by atoms with Gasteiger partial charge in [0.1, 0.15) is 11.4 Å². The van der Waals surface area contributed by atoms with Crippen molar-refractivity contribution >= 4 is 22.0 Å². The Morgan fingerprint density at radius 1 is 1.29 bits per heavy atom. The van der Waals surface area contributed by atoms with Crippen LogP contribution in [-0.4, -0.2) is 80.5 Å². The summed E-state index contributed by atoms with van der Waals surface area (Å²) in [5, 5.41) is 2.65. The predicted molar refractivity (Wildman–Crippen MR) is 117 cm³/mol. The highest BCUT2D eigenvalue weighted by Crippen LogP contribution is 2.30. The van der Waals surface area contributed by atoms with E-state index in [0.29, 0.717) is 38.3 Å². The monoisotopic (exact) mass is 452 g/mol. The molecule has 1 aromatic carbocycles. The summed E-state index contributed by atoms with van der Waals surface area (Å²) in [5.74, 6) is -0.459. The van der Waals surface area contributed by atoms with Gasteiger partial charge in [-0.05, 0) is 30.7 Å². The highest BCUT2D eigenvalue weighted by Gasteiger charge is 2.35. The van der Waals surface area contributed by atoms with Crippen LogP contribution in [0.15, 0.2) is 35.3 Å². The number of hydrogen-bond acceptors (Lipinski definition) is 5. The molecule has 0 aromatic heterocycles. The first-order valence-corrected chi connectivity index (χ1v) is 11.4. The summed E-state index contributed by atoms with van der Waals surface area (Å²) in [6.07, 6.45) is 3.45. The summed E-state index contributed by atoms with van der Waals surface area (Å²) in [6.45, 7) is 4.41. The highest BCUT2D eigenvalue weighted by molar-refractivity contribution is 7.86. The number of benzene rings is 1. The molecule has 0 aliphatic carbocycles. The van der Waals surface area contributed by atoms with Crippen LogP contribution in [-0.2, 0) is 22.3 Å². The number of aliphatic imine (C=N–C) groups is 1. The van der Waals surface area contributed by atoms with Gasteiger partial charge in [0.05, 0.1) is 6.54 Å². The molecule has 0 spiro atoms. The van der Waals surface area contributed by atoms with Gasteiger partial charge in [0, 0.05) is 58.1 Å². The van der Waals surface area contributed by atoms with Crippen LogP contribution in [0.2, 0.25) is 0 Å². The lowest BCUT2D eigenvalue weighted by Crippen LogP contribution is -2.51. The summed E-state index contributed by atoms with van der Waals surface area (Å²) in [5.41, 5.74) is 6.15. The molecule has 1 saturated heterocycles. The van der Waals surface area contributed by atoms with E-state index < -0.39 is 27.6 Å². The fourth-order valence-electron chi connectivity index (χ4n) is 3.78. The number of allylic oxidation sites excluding steroid dienone is 1. The van der Waals surface area contributed by atoms with E-state index in [1.807, 2.05) is 6.92 Å². The Morgan fingerprint density at radius 3 is 2.52 bits per heavy atom. The maximum absolute atomic E-state index is 14.8. The summed E-state index contributed by atoms with van der Waals surface area (Å²) in [7, 11) is -0.395. The second-order valence-corrected chi connectivity index (χ2v) is 10.2. The Morgan fingerprint density at radius 2 is 1.97 bits per heavy atom. The van der Waals surface area contributed by atoms with Crippen LogP contribution in [0.3, 0.4) is 0 Å². The summed E-state index contributed by atoms with van der Waals surface area (Å²) < 4.78 is 42.1. The normalized spacial score (nSPS) is 23.1. The Bertz CT molecular complexity index is 1000. The molecule has 1 unspecified atom stereocenters. The summed E-state index contributed by atoms with van der Waals surface area (Å²) in [4.78, 5) is 18.1. The first-order valence-electron chi connectivity index (χ1n) is 10.0. The van der Waals surface area contributed by atoms with Crippen LogP contribution in [0.4, 0.5) is 9.18 Å². The first-order chi connectivity index (χ1) is 14.5. The van der Waals surface area contributed by atoms with Crippen LogP contribution in [0.1, 0.15) is 18.1 Å². The van der Waals surface area contributed by atoms with E-state index in [9.17, 15) is 17.6 Å². The number of primary amides is 1. The van der Waals surface area contributed by atoms with E-state index in [0.717, 1.165) is 11.3 Å². The third-order valence-corrected chi connectivity index (χ3v) is 7.51. The topological polar surface area (TPSA) is 111 Å². The van der Waals surface area contributed by atoms with Gasteiger partial charge in [-0.2, -0.15) is 17.0 Å². The third kappa shape index (κ3) is 5.12. The second kappa shape index (κ2) is 9.03. The van der Waals surface area contributed by atoms with Crippen molar-refractivity contribution in [3.63, 3.8) is 0 Å². The largest absolute Gasteiger partial charge is 0.352 e. The molecule has 31 heavy (non-hydrogen) atoms. The zero-order chi connectivity index (χ0) is 22.8. The molecule has 2 amide bonds. The van der Waals surface area contributed by atoms with E-state index >= 15 is 0 Å². The SMILES string of the molecule is CC1=NCC(NC(N)=O)(c2cc(CN3CCN(S(=O)(=O)N(C)C)CC3)ccc2F)C=C1. The predicted octanol–water partition coefficient (Wildman–Crippen LogP) is 0.644. The molecule has 0 bridgehead atoms. The number of nitrogens with zero attached hydrogens (tertiary/aromatic N) is 4. The van der Waals surface area contributed by atoms with E-state index in [2.05, 4.69) is 15.2 Å². The lowest BCUT2D eigenvalue weighted by Gasteiger charge is -2.36. The van der Waals surface area contributed by atoms with Gasteiger partial charge in [-0.15, -0.1) is 0 Å². The molecule has 0 saturated carbocycles. The van der Waals surface area contributed by atoms with Crippen LogP contribution < -0.4 is 11.1 Å². The van der Waals surface area contributed by atoms with Gasteiger partial charge in [0.15, 0.2) is 0 Å². The molecule has 170 valence electrons. The number of urea groups is 1. The zero-order valence-corrected chi connectivity index (χ0v) is 18.8. The van der Waals surface area contributed by atoms with Crippen molar-refractivity contribution in [2.75, 3.05) is 46.8 Å². The van der Waals surface area contributed by atoms with E-state index in [1.165, 1.54) is 28.8 Å². The fraction of sp³-hybridized carbons (Fsp3) is 0.500. The maximum atomic E-state index is 14.8. The first kappa shape index (κ1) is 23.3. The van der Waals surface area contributed by atoms with Crippen LogP contribution in [0, 0.1) is 5.82 Å². The van der Waals surface area contributed by atoms with Gasteiger partial charge >= 0.3 is 6.03 Å². The number of piperazine rings is 1. The molecule has 2 aliphatic heterocycles. The fourth-order valence-corrected chi connectivity index (χ4v) is 4.87. The van der Waals surface area contributed by atoms with Gasteiger partial charge in [-0.1, -0.05) is 12.1 Å². The molecule has 1 aromatic rings. The lowest BCUT2D eigenvalue weighted by atomic mass is 9.86. The smallest absolute Gasteiger partial charge is 0.313 e. The van der Waals surface area contributed by atoms with Crippen molar-refractivity contribution in [2.45, 2.75) is 19.0 Å². The molecular formula is C20H29FN6O3S. The Labute approximate surface area is 182 Å². The minimum absolute atomic E-state index is 0.152. The number of rotatable bonds is 6. The zero-order valence-electron chi connectivity index (χ0n) is 18.0.